The van der Waals surface area contributed by atoms with Crippen LogP contribution in [0.4, 0.5) is 18.9 Å². The summed E-state index contributed by atoms with van der Waals surface area (Å²) < 4.78 is 55.1. The number of halogens is 3. The fourth-order valence-electron chi connectivity index (χ4n) is 4.37. The summed E-state index contributed by atoms with van der Waals surface area (Å²) in [5, 5.41) is 10.3. The Morgan fingerprint density at radius 3 is 2.46 bits per heavy atom. The zero-order chi connectivity index (χ0) is 25.6. The fraction of sp³-hybridized carbons (Fsp3) is 0.407. The summed E-state index contributed by atoms with van der Waals surface area (Å²) in [6.07, 6.45) is -1.71. The Labute approximate surface area is 206 Å². The Kier molecular flexibility index (Phi) is 8.55. The maximum absolute atomic E-state index is 13.1. The molecule has 0 aliphatic carbocycles. The minimum absolute atomic E-state index is 0.335. The van der Waals surface area contributed by atoms with Crippen LogP contribution >= 0.6 is 0 Å². The highest BCUT2D eigenvalue weighted by Gasteiger charge is 2.33. The third-order valence-corrected chi connectivity index (χ3v) is 8.39. The van der Waals surface area contributed by atoms with Crippen LogP contribution in [0.1, 0.15) is 60.8 Å². The van der Waals surface area contributed by atoms with Gasteiger partial charge in [-0.15, -0.1) is 0 Å². The number of alkyl halides is 3. The molecule has 8 heteroatoms. The van der Waals surface area contributed by atoms with Crippen molar-refractivity contribution in [3.05, 3.63) is 71.3 Å². The normalized spacial score (nSPS) is 16.3. The van der Waals surface area contributed by atoms with Crippen molar-refractivity contribution >= 4 is 26.5 Å². The van der Waals surface area contributed by atoms with E-state index < -0.39 is 21.6 Å². The molecule has 1 N–H and O–H groups in total. The van der Waals surface area contributed by atoms with E-state index in [-0.39, 0.29) is 0 Å². The molecular formula is C27H32F3N3OS. The van der Waals surface area contributed by atoms with Crippen LogP contribution in [0.2, 0.25) is 0 Å². The molecule has 2 aromatic carbocycles. The molecule has 188 valence electrons. The number of piperidine rings is 1. The molecule has 35 heavy (non-hydrogen) atoms. The number of aryl methyl sites for hydroxylation is 1. The molecule has 0 saturated carbocycles. The Balaban J connectivity index is 1.74. The molecule has 0 radical (unpaired) electrons. The van der Waals surface area contributed by atoms with E-state index in [9.17, 15) is 17.4 Å². The number of unbranched alkanes of at least 4 members (excludes halogenated alkanes) is 1. The lowest BCUT2D eigenvalue weighted by molar-refractivity contribution is -0.105. The van der Waals surface area contributed by atoms with Crippen LogP contribution in [0.25, 0.3) is 5.70 Å². The summed E-state index contributed by atoms with van der Waals surface area (Å²) in [5.74, 6) is -0.991. The molecule has 1 unspecified atom stereocenters. The molecule has 1 heterocycles. The van der Waals surface area contributed by atoms with Gasteiger partial charge in [-0.2, -0.15) is 18.4 Å². The van der Waals surface area contributed by atoms with Crippen molar-refractivity contribution in [1.82, 2.24) is 4.90 Å². The lowest BCUT2D eigenvalue weighted by atomic mass is 9.88. The van der Waals surface area contributed by atoms with Gasteiger partial charge in [0.15, 0.2) is 0 Å². The van der Waals surface area contributed by atoms with Gasteiger partial charge in [0.05, 0.1) is 21.3 Å². The first-order valence-electron chi connectivity index (χ1n) is 11.8. The molecule has 0 bridgehead atoms. The van der Waals surface area contributed by atoms with Gasteiger partial charge in [-0.25, -0.2) is 4.21 Å². The number of benzene rings is 2. The van der Waals surface area contributed by atoms with Crippen LogP contribution in [0.15, 0.2) is 49.0 Å². The summed E-state index contributed by atoms with van der Waals surface area (Å²) in [5.41, 5.74) is 4.85. The zero-order valence-electron chi connectivity index (χ0n) is 20.2. The quantitative estimate of drug-likeness (QED) is 0.419. The van der Waals surface area contributed by atoms with Gasteiger partial charge in [0.25, 0.3) is 0 Å². The first-order chi connectivity index (χ1) is 16.5. The van der Waals surface area contributed by atoms with Crippen LogP contribution in [0, 0.1) is 18.3 Å². The van der Waals surface area contributed by atoms with Crippen molar-refractivity contribution in [1.29, 1.82) is 5.26 Å². The number of hydrogen-bond acceptors (Lipinski definition) is 3. The number of anilines is 1. The first-order valence-corrected chi connectivity index (χ1v) is 13.6. The second kappa shape index (κ2) is 11.2. The average Bonchev–Trinajstić information content (AvgIpc) is 2.82. The fourth-order valence-corrected chi connectivity index (χ4v) is 6.27. The van der Waals surface area contributed by atoms with E-state index in [0.717, 1.165) is 42.8 Å². The molecular weight excluding hydrogens is 471 g/mol. The highest BCUT2D eigenvalue weighted by atomic mass is 32.2. The minimum Gasteiger partial charge on any atom is -0.371 e. The Bertz CT molecular complexity index is 1200. The highest BCUT2D eigenvalue weighted by molar-refractivity contribution is 8.02. The van der Waals surface area contributed by atoms with Gasteiger partial charge < -0.3 is 9.62 Å². The van der Waals surface area contributed by atoms with E-state index in [1.165, 1.54) is 10.9 Å². The SMILES string of the molecule is C=C(c1cc(NS(=O)(=CCCC)CC(F)(F)F)ccc1C)N1CCC(c2ccc(C#N)cc2)CC1. The maximum atomic E-state index is 13.1. The van der Waals surface area contributed by atoms with E-state index in [2.05, 4.69) is 22.3 Å². The van der Waals surface area contributed by atoms with Crippen molar-refractivity contribution in [2.24, 2.45) is 0 Å². The summed E-state index contributed by atoms with van der Waals surface area (Å²) in [6.45, 7) is 9.65. The van der Waals surface area contributed by atoms with E-state index in [1.54, 1.807) is 12.1 Å². The Morgan fingerprint density at radius 2 is 1.89 bits per heavy atom. The summed E-state index contributed by atoms with van der Waals surface area (Å²) in [6, 6.07) is 15.1. The predicted molar refractivity (Wildman–Crippen MR) is 139 cm³/mol. The molecule has 1 aliphatic rings. The number of hydrogen-bond donors (Lipinski definition) is 1. The van der Waals surface area contributed by atoms with Gasteiger partial charge in [-0.05, 0) is 72.9 Å². The molecule has 0 spiro atoms. The van der Waals surface area contributed by atoms with Gasteiger partial charge >= 0.3 is 6.18 Å². The molecule has 2 aromatic rings. The van der Waals surface area contributed by atoms with Gasteiger partial charge in [0.1, 0.15) is 5.75 Å². The summed E-state index contributed by atoms with van der Waals surface area (Å²) in [7, 11) is -3.45. The predicted octanol–water partition coefficient (Wildman–Crippen LogP) is 6.49. The molecule has 0 aromatic heterocycles. The van der Waals surface area contributed by atoms with E-state index >= 15 is 0 Å². The number of likely N-dealkylation sites (tertiary alicyclic amines) is 1. The van der Waals surface area contributed by atoms with Crippen LogP contribution in [0.5, 0.6) is 0 Å². The number of nitrogens with zero attached hydrogens (tertiary/aromatic N) is 2. The lowest BCUT2D eigenvalue weighted by Gasteiger charge is -2.35. The summed E-state index contributed by atoms with van der Waals surface area (Å²) >= 11 is 0. The molecule has 1 aliphatic heterocycles. The Morgan fingerprint density at radius 1 is 1.23 bits per heavy atom. The second-order valence-electron chi connectivity index (χ2n) is 9.01. The zero-order valence-corrected chi connectivity index (χ0v) is 21.0. The third kappa shape index (κ3) is 7.28. The number of nitrogens with one attached hydrogen (secondary N) is 1. The highest BCUT2D eigenvalue weighted by Crippen LogP contribution is 2.33. The largest absolute Gasteiger partial charge is 0.401 e. The molecule has 1 saturated heterocycles. The van der Waals surface area contributed by atoms with Crippen LogP contribution in [0.3, 0.4) is 0 Å². The van der Waals surface area contributed by atoms with Crippen LogP contribution in [-0.4, -0.2) is 39.5 Å². The maximum Gasteiger partial charge on any atom is 0.401 e. The van der Waals surface area contributed by atoms with Crippen molar-refractivity contribution in [3.8, 4) is 6.07 Å². The van der Waals surface area contributed by atoms with Crippen molar-refractivity contribution in [2.45, 2.75) is 51.6 Å². The van der Waals surface area contributed by atoms with E-state index in [0.29, 0.717) is 30.0 Å². The molecule has 3 rings (SSSR count). The summed E-state index contributed by atoms with van der Waals surface area (Å²) in [4.78, 5) is 2.20. The van der Waals surface area contributed by atoms with E-state index in [4.69, 9.17) is 5.26 Å². The minimum atomic E-state index is -4.54. The van der Waals surface area contributed by atoms with Gasteiger partial charge in [-0.1, -0.05) is 38.1 Å². The smallest absolute Gasteiger partial charge is 0.371 e. The standard InChI is InChI=1S/C27H32F3N3OS/c1-4-5-16-35(34,19-27(28,29)30)32-25-11-6-20(2)26(17-25)21(3)33-14-12-24(13-15-33)23-9-7-22(18-31)8-10-23/h6-11,16-17,24H,3-5,12-15,19H2,1-2H3,(H,32,34). The number of rotatable bonds is 8. The van der Waals surface area contributed by atoms with Crippen molar-refractivity contribution < 1.29 is 17.4 Å². The van der Waals surface area contributed by atoms with Crippen molar-refractivity contribution in [2.75, 3.05) is 23.6 Å². The Hall–Kier alpha value is -2.92. The topological polar surface area (TPSA) is 56.1 Å². The van der Waals surface area contributed by atoms with Crippen LogP contribution < -0.4 is 4.72 Å². The van der Waals surface area contributed by atoms with Gasteiger partial charge in [0, 0.05) is 30.0 Å². The lowest BCUT2D eigenvalue weighted by Crippen LogP contribution is -2.31. The molecule has 0 amide bonds. The average molecular weight is 504 g/mol. The number of nitriles is 1. The van der Waals surface area contributed by atoms with E-state index in [1.807, 2.05) is 44.2 Å². The second-order valence-corrected chi connectivity index (χ2v) is 11.3. The molecule has 4 nitrogen and oxygen atoms in total. The van der Waals surface area contributed by atoms with Crippen molar-refractivity contribution in [3.63, 3.8) is 0 Å². The van der Waals surface area contributed by atoms with Gasteiger partial charge in [0.2, 0.25) is 0 Å². The molecule has 1 fully saturated rings. The monoisotopic (exact) mass is 503 g/mol. The van der Waals surface area contributed by atoms with Crippen LogP contribution in [-0.2, 0) is 9.71 Å². The molecule has 1 atom stereocenters. The third-order valence-electron chi connectivity index (χ3n) is 6.28. The van der Waals surface area contributed by atoms with Gasteiger partial charge in [-0.3, -0.25) is 0 Å². The first kappa shape index (κ1) is 26.7.